The molecule has 1 N–H and O–H groups in total. The molecular formula is C18H38N2. The molecule has 0 aromatic rings. The first kappa shape index (κ1) is 18.0. The first-order valence-corrected chi connectivity index (χ1v) is 9.15. The quantitative estimate of drug-likeness (QED) is 0.558. The van der Waals surface area contributed by atoms with Gasteiger partial charge in [0.1, 0.15) is 0 Å². The summed E-state index contributed by atoms with van der Waals surface area (Å²) in [7, 11) is 4.45. The highest BCUT2D eigenvalue weighted by Gasteiger charge is 2.22. The average molecular weight is 283 g/mol. The second-order valence-electron chi connectivity index (χ2n) is 6.75. The number of nitrogens with zero attached hydrogens (tertiary/aromatic N) is 1. The third-order valence-electron chi connectivity index (χ3n) is 5.09. The first-order chi connectivity index (χ1) is 9.77. The molecule has 1 rings (SSSR count). The molecule has 0 aromatic carbocycles. The Hall–Kier alpha value is -0.0800. The van der Waals surface area contributed by atoms with Crippen molar-refractivity contribution < 1.29 is 0 Å². The minimum atomic E-state index is 0.780. The van der Waals surface area contributed by atoms with E-state index in [2.05, 4.69) is 31.2 Å². The summed E-state index contributed by atoms with van der Waals surface area (Å²) >= 11 is 0. The minimum absolute atomic E-state index is 0.780. The van der Waals surface area contributed by atoms with Gasteiger partial charge in [0, 0.05) is 12.1 Å². The average Bonchev–Trinajstić information content (AvgIpc) is 2.50. The molecule has 2 heteroatoms. The Labute approximate surface area is 127 Å². The van der Waals surface area contributed by atoms with Gasteiger partial charge in [0.25, 0.3) is 0 Å². The summed E-state index contributed by atoms with van der Waals surface area (Å²) in [5.41, 5.74) is 0. The zero-order valence-electron chi connectivity index (χ0n) is 14.3. The third kappa shape index (κ3) is 7.64. The lowest BCUT2D eigenvalue weighted by atomic mass is 9.90. The van der Waals surface area contributed by atoms with Crippen LogP contribution in [-0.2, 0) is 0 Å². The summed E-state index contributed by atoms with van der Waals surface area (Å²) < 4.78 is 0. The zero-order valence-corrected chi connectivity index (χ0v) is 14.3. The molecule has 120 valence electrons. The molecule has 20 heavy (non-hydrogen) atoms. The molecule has 0 aromatic heterocycles. The minimum Gasteiger partial charge on any atom is -0.317 e. The summed E-state index contributed by atoms with van der Waals surface area (Å²) in [4.78, 5) is 2.63. The van der Waals surface area contributed by atoms with Crippen molar-refractivity contribution >= 4 is 0 Å². The van der Waals surface area contributed by atoms with Crippen molar-refractivity contribution in [2.45, 2.75) is 96.1 Å². The van der Waals surface area contributed by atoms with E-state index in [9.17, 15) is 0 Å². The van der Waals surface area contributed by atoms with E-state index in [0.29, 0.717) is 0 Å². The number of rotatable bonds is 11. The largest absolute Gasteiger partial charge is 0.317 e. The van der Waals surface area contributed by atoms with E-state index in [1.807, 2.05) is 0 Å². The van der Waals surface area contributed by atoms with Crippen molar-refractivity contribution in [3.63, 3.8) is 0 Å². The van der Waals surface area contributed by atoms with E-state index < -0.39 is 0 Å². The van der Waals surface area contributed by atoms with Crippen LogP contribution in [-0.4, -0.2) is 37.6 Å². The normalized spacial score (nSPS) is 23.4. The molecule has 0 spiro atoms. The van der Waals surface area contributed by atoms with Gasteiger partial charge in [0.2, 0.25) is 0 Å². The Morgan fingerprint density at radius 1 is 0.850 bits per heavy atom. The van der Waals surface area contributed by atoms with Crippen LogP contribution in [0.4, 0.5) is 0 Å². The van der Waals surface area contributed by atoms with Crippen molar-refractivity contribution in [1.82, 2.24) is 10.2 Å². The van der Waals surface area contributed by atoms with Crippen molar-refractivity contribution in [3.05, 3.63) is 0 Å². The fraction of sp³-hybridized carbons (Fsp3) is 1.00. The molecule has 0 amide bonds. The first-order valence-electron chi connectivity index (χ1n) is 9.15. The molecule has 0 heterocycles. The molecule has 0 unspecified atom stereocenters. The SMILES string of the molecule is CCCCCCCCCCN(C)C1CCC(NC)CC1. The van der Waals surface area contributed by atoms with Gasteiger partial charge in [0.05, 0.1) is 0 Å². The molecule has 1 aliphatic rings. The Morgan fingerprint density at radius 2 is 1.40 bits per heavy atom. The molecule has 0 aliphatic heterocycles. The molecule has 1 fully saturated rings. The van der Waals surface area contributed by atoms with Crippen LogP contribution in [0.15, 0.2) is 0 Å². The monoisotopic (exact) mass is 282 g/mol. The van der Waals surface area contributed by atoms with Crippen molar-refractivity contribution in [2.75, 3.05) is 20.6 Å². The smallest absolute Gasteiger partial charge is 0.00933 e. The number of unbranched alkanes of at least 4 members (excludes halogenated alkanes) is 7. The highest BCUT2D eigenvalue weighted by atomic mass is 15.1. The highest BCUT2D eigenvalue weighted by molar-refractivity contribution is 4.80. The van der Waals surface area contributed by atoms with Gasteiger partial charge in [-0.3, -0.25) is 0 Å². The van der Waals surface area contributed by atoms with Crippen LogP contribution in [0, 0.1) is 0 Å². The summed E-state index contributed by atoms with van der Waals surface area (Å²) in [5, 5.41) is 3.43. The van der Waals surface area contributed by atoms with Crippen LogP contribution in [0.25, 0.3) is 0 Å². The van der Waals surface area contributed by atoms with E-state index in [1.54, 1.807) is 0 Å². The van der Waals surface area contributed by atoms with Crippen LogP contribution in [0.5, 0.6) is 0 Å². The fourth-order valence-electron chi connectivity index (χ4n) is 3.48. The van der Waals surface area contributed by atoms with Gasteiger partial charge >= 0.3 is 0 Å². The van der Waals surface area contributed by atoms with E-state index in [1.165, 1.54) is 83.6 Å². The van der Waals surface area contributed by atoms with E-state index in [-0.39, 0.29) is 0 Å². The van der Waals surface area contributed by atoms with Gasteiger partial charge in [-0.1, -0.05) is 51.9 Å². The Balaban J connectivity index is 1.94. The van der Waals surface area contributed by atoms with E-state index in [4.69, 9.17) is 0 Å². The van der Waals surface area contributed by atoms with Crippen molar-refractivity contribution in [1.29, 1.82) is 0 Å². The lowest BCUT2D eigenvalue weighted by molar-refractivity contribution is 0.173. The molecule has 2 nitrogen and oxygen atoms in total. The van der Waals surface area contributed by atoms with Crippen LogP contribution in [0.1, 0.15) is 84.0 Å². The van der Waals surface area contributed by atoms with Gasteiger partial charge in [-0.05, 0) is 52.7 Å². The lowest BCUT2D eigenvalue weighted by Gasteiger charge is -2.34. The maximum absolute atomic E-state index is 3.43. The maximum atomic E-state index is 3.43. The Bertz CT molecular complexity index is 209. The van der Waals surface area contributed by atoms with Gasteiger partial charge in [-0.2, -0.15) is 0 Å². The maximum Gasteiger partial charge on any atom is 0.00933 e. The van der Waals surface area contributed by atoms with Crippen LogP contribution in [0.3, 0.4) is 0 Å². The molecule has 1 aliphatic carbocycles. The summed E-state index contributed by atoms with van der Waals surface area (Å²) in [6, 6.07) is 1.63. The summed E-state index contributed by atoms with van der Waals surface area (Å²) in [5.74, 6) is 0. The second kappa shape index (κ2) is 11.6. The molecule has 0 bridgehead atoms. The van der Waals surface area contributed by atoms with Crippen molar-refractivity contribution in [3.8, 4) is 0 Å². The molecule has 0 atom stereocenters. The predicted molar refractivity (Wildman–Crippen MR) is 90.3 cm³/mol. The third-order valence-corrected chi connectivity index (χ3v) is 5.09. The highest BCUT2D eigenvalue weighted by Crippen LogP contribution is 2.22. The fourth-order valence-corrected chi connectivity index (χ4v) is 3.48. The van der Waals surface area contributed by atoms with Gasteiger partial charge < -0.3 is 10.2 Å². The van der Waals surface area contributed by atoms with Crippen molar-refractivity contribution in [2.24, 2.45) is 0 Å². The van der Waals surface area contributed by atoms with E-state index in [0.717, 1.165) is 12.1 Å². The molecule has 0 radical (unpaired) electrons. The Morgan fingerprint density at radius 3 is 1.95 bits per heavy atom. The topological polar surface area (TPSA) is 15.3 Å². The Kier molecular flexibility index (Phi) is 10.4. The zero-order chi connectivity index (χ0) is 14.6. The summed E-state index contributed by atoms with van der Waals surface area (Å²) in [6.45, 7) is 3.60. The number of hydrogen-bond acceptors (Lipinski definition) is 2. The predicted octanol–water partition coefficient (Wildman–Crippen LogP) is 4.59. The van der Waals surface area contributed by atoms with Crippen LogP contribution < -0.4 is 5.32 Å². The van der Waals surface area contributed by atoms with Gasteiger partial charge in [-0.15, -0.1) is 0 Å². The van der Waals surface area contributed by atoms with Gasteiger partial charge in [0.15, 0.2) is 0 Å². The summed E-state index contributed by atoms with van der Waals surface area (Å²) in [6.07, 6.45) is 16.9. The number of nitrogens with one attached hydrogen (secondary N) is 1. The second-order valence-corrected chi connectivity index (χ2v) is 6.75. The molecule has 0 saturated heterocycles. The van der Waals surface area contributed by atoms with Crippen LogP contribution >= 0.6 is 0 Å². The van der Waals surface area contributed by atoms with Crippen LogP contribution in [0.2, 0.25) is 0 Å². The van der Waals surface area contributed by atoms with E-state index >= 15 is 0 Å². The standard InChI is InChI=1S/C18H38N2/c1-4-5-6-7-8-9-10-11-16-20(3)18-14-12-17(19-2)13-15-18/h17-19H,4-16H2,1-3H3. The molecule has 1 saturated carbocycles. The van der Waals surface area contributed by atoms with Gasteiger partial charge in [-0.25, -0.2) is 0 Å². The molecular weight excluding hydrogens is 244 g/mol. The number of hydrogen-bond donors (Lipinski definition) is 1. The lowest BCUT2D eigenvalue weighted by Crippen LogP contribution is -2.40.